The lowest BCUT2D eigenvalue weighted by atomic mass is 9.95. The number of carbonyl (C=O) groups is 3. The predicted octanol–water partition coefficient (Wildman–Crippen LogP) is 1.93. The minimum Gasteiger partial charge on any atom is -0.459 e. The zero-order valence-corrected chi connectivity index (χ0v) is 19.0. The quantitative estimate of drug-likeness (QED) is 0.707. The van der Waals surface area contributed by atoms with Crippen LogP contribution >= 0.6 is 0 Å². The van der Waals surface area contributed by atoms with Crippen molar-refractivity contribution in [2.45, 2.75) is 39.7 Å². The van der Waals surface area contributed by atoms with E-state index in [2.05, 4.69) is 5.10 Å². The Morgan fingerprint density at radius 3 is 2.62 bits per heavy atom. The van der Waals surface area contributed by atoms with Crippen molar-refractivity contribution in [3.8, 4) is 0 Å². The highest BCUT2D eigenvalue weighted by Gasteiger charge is 2.35. The molecule has 2 aliphatic rings. The summed E-state index contributed by atoms with van der Waals surface area (Å²) in [7, 11) is 1.84. The number of carbonyl (C=O) groups excluding carboxylic acids is 3. The maximum atomic E-state index is 13.5. The Kier molecular flexibility index (Phi) is 6.34. The Bertz CT molecular complexity index is 992. The van der Waals surface area contributed by atoms with Crippen LogP contribution in [0.2, 0.25) is 0 Å². The summed E-state index contributed by atoms with van der Waals surface area (Å²) < 4.78 is 7.01. The van der Waals surface area contributed by atoms with Gasteiger partial charge in [0.1, 0.15) is 0 Å². The number of nitrogens with zero attached hydrogens (tertiary/aromatic N) is 5. The number of hydrogen-bond acceptors (Lipinski definition) is 5. The van der Waals surface area contributed by atoms with Crippen LogP contribution in [0.4, 0.5) is 0 Å². The smallest absolute Gasteiger partial charge is 0.289 e. The largest absolute Gasteiger partial charge is 0.459 e. The summed E-state index contributed by atoms with van der Waals surface area (Å²) >= 11 is 0. The Morgan fingerprint density at radius 1 is 1.16 bits per heavy atom. The van der Waals surface area contributed by atoms with Crippen molar-refractivity contribution < 1.29 is 18.8 Å². The van der Waals surface area contributed by atoms with Crippen LogP contribution in [0.1, 0.15) is 59.0 Å². The fraction of sp³-hybridized carbons (Fsp3) is 0.565. The van der Waals surface area contributed by atoms with Gasteiger partial charge in [-0.25, -0.2) is 0 Å². The van der Waals surface area contributed by atoms with Crippen molar-refractivity contribution in [2.24, 2.45) is 13.0 Å². The van der Waals surface area contributed by atoms with E-state index < -0.39 is 0 Å². The third-order valence-corrected chi connectivity index (χ3v) is 6.60. The fourth-order valence-electron chi connectivity index (χ4n) is 4.80. The molecule has 4 rings (SSSR count). The lowest BCUT2D eigenvalue weighted by Crippen LogP contribution is -2.47. The van der Waals surface area contributed by atoms with Crippen LogP contribution in [0.3, 0.4) is 0 Å². The van der Waals surface area contributed by atoms with Gasteiger partial charge in [0, 0.05) is 57.4 Å². The third kappa shape index (κ3) is 4.03. The molecule has 1 unspecified atom stereocenters. The number of aryl methyl sites for hydroxylation is 1. The van der Waals surface area contributed by atoms with Gasteiger partial charge in [0.2, 0.25) is 5.91 Å². The topological polar surface area (TPSA) is 91.9 Å². The highest BCUT2D eigenvalue weighted by molar-refractivity contribution is 5.95. The van der Waals surface area contributed by atoms with Crippen molar-refractivity contribution in [2.75, 3.05) is 32.7 Å². The van der Waals surface area contributed by atoms with Gasteiger partial charge in [-0.05, 0) is 38.8 Å². The molecule has 0 aliphatic carbocycles. The van der Waals surface area contributed by atoms with E-state index >= 15 is 0 Å². The van der Waals surface area contributed by atoms with E-state index in [4.69, 9.17) is 4.42 Å². The van der Waals surface area contributed by atoms with Gasteiger partial charge >= 0.3 is 0 Å². The summed E-state index contributed by atoms with van der Waals surface area (Å²) in [5.74, 6) is -0.120. The highest BCUT2D eigenvalue weighted by atomic mass is 16.3. The lowest BCUT2D eigenvalue weighted by molar-refractivity contribution is -0.136. The summed E-state index contributed by atoms with van der Waals surface area (Å²) in [6.07, 6.45) is 3.70. The van der Waals surface area contributed by atoms with Crippen molar-refractivity contribution in [1.29, 1.82) is 0 Å². The lowest BCUT2D eigenvalue weighted by Gasteiger charge is -2.34. The average Bonchev–Trinajstić information content (AvgIpc) is 3.47. The SMILES string of the molecule is CCN(CC)C(=O)C1CCCN(C(=O)c2nn(C)c3c2CN(C(=O)c2ccco2)CC3)C1. The first-order chi connectivity index (χ1) is 15.4. The van der Waals surface area contributed by atoms with Gasteiger partial charge in [0.25, 0.3) is 11.8 Å². The number of aromatic nitrogens is 2. The molecule has 32 heavy (non-hydrogen) atoms. The van der Waals surface area contributed by atoms with E-state index in [1.165, 1.54) is 6.26 Å². The molecule has 0 N–H and O–H groups in total. The molecule has 1 saturated heterocycles. The summed E-state index contributed by atoms with van der Waals surface area (Å²) in [6.45, 7) is 7.19. The number of hydrogen-bond donors (Lipinski definition) is 0. The Hall–Kier alpha value is -3.10. The number of amides is 3. The number of fused-ring (bicyclic) bond motifs is 1. The normalized spacial score (nSPS) is 18.4. The van der Waals surface area contributed by atoms with E-state index in [1.807, 2.05) is 25.8 Å². The molecule has 0 aromatic carbocycles. The Balaban J connectivity index is 1.53. The number of rotatable bonds is 5. The molecular weight excluding hydrogens is 410 g/mol. The molecule has 2 aromatic heterocycles. The predicted molar refractivity (Wildman–Crippen MR) is 117 cm³/mol. The summed E-state index contributed by atoms with van der Waals surface area (Å²) in [5, 5.41) is 4.53. The standard InChI is InChI=1S/C23H31N5O4/c1-4-26(5-2)21(29)16-8-6-11-27(14-16)23(31)20-17-15-28(12-10-18(17)25(3)24-20)22(30)19-9-7-13-32-19/h7,9,13,16H,4-6,8,10-12,14-15H2,1-3H3. The van der Waals surface area contributed by atoms with Crippen LogP contribution in [0.25, 0.3) is 0 Å². The molecule has 172 valence electrons. The summed E-state index contributed by atoms with van der Waals surface area (Å²) in [6, 6.07) is 3.34. The molecule has 0 bridgehead atoms. The van der Waals surface area contributed by atoms with Crippen LogP contribution in [0.15, 0.2) is 22.8 Å². The van der Waals surface area contributed by atoms with Gasteiger partial charge in [-0.2, -0.15) is 5.10 Å². The van der Waals surface area contributed by atoms with Crippen LogP contribution in [0.5, 0.6) is 0 Å². The molecule has 2 aromatic rings. The molecule has 3 amide bonds. The minimum absolute atomic E-state index is 0.116. The maximum absolute atomic E-state index is 13.5. The van der Waals surface area contributed by atoms with Crippen LogP contribution < -0.4 is 0 Å². The van der Waals surface area contributed by atoms with Gasteiger partial charge < -0.3 is 19.1 Å². The Labute approximate surface area is 187 Å². The average molecular weight is 442 g/mol. The zero-order chi connectivity index (χ0) is 22.8. The van der Waals surface area contributed by atoms with Gasteiger partial charge in [0.15, 0.2) is 11.5 Å². The Morgan fingerprint density at radius 2 is 1.94 bits per heavy atom. The molecule has 0 saturated carbocycles. The van der Waals surface area contributed by atoms with E-state index in [-0.39, 0.29) is 23.6 Å². The number of piperidine rings is 1. The van der Waals surface area contributed by atoms with Crippen molar-refractivity contribution in [3.05, 3.63) is 41.1 Å². The molecular formula is C23H31N5O4. The fourth-order valence-corrected chi connectivity index (χ4v) is 4.80. The molecule has 9 heteroatoms. The van der Waals surface area contributed by atoms with Crippen LogP contribution in [0, 0.1) is 5.92 Å². The third-order valence-electron chi connectivity index (χ3n) is 6.60. The van der Waals surface area contributed by atoms with Gasteiger partial charge in [0.05, 0.1) is 18.7 Å². The van der Waals surface area contributed by atoms with Crippen molar-refractivity contribution >= 4 is 17.7 Å². The first-order valence-electron chi connectivity index (χ1n) is 11.4. The maximum Gasteiger partial charge on any atom is 0.289 e. The minimum atomic E-state index is -0.189. The van der Waals surface area contributed by atoms with Crippen LogP contribution in [-0.4, -0.2) is 74.9 Å². The zero-order valence-electron chi connectivity index (χ0n) is 19.0. The van der Waals surface area contributed by atoms with E-state index in [9.17, 15) is 14.4 Å². The molecule has 0 spiro atoms. The molecule has 1 atom stereocenters. The first-order valence-corrected chi connectivity index (χ1v) is 11.4. The van der Waals surface area contributed by atoms with Crippen LogP contribution in [-0.2, 0) is 24.8 Å². The molecule has 4 heterocycles. The molecule has 1 fully saturated rings. The monoisotopic (exact) mass is 441 g/mol. The first kappa shape index (κ1) is 22.1. The number of likely N-dealkylation sites (tertiary alicyclic amines) is 1. The highest BCUT2D eigenvalue weighted by Crippen LogP contribution is 2.27. The summed E-state index contributed by atoms with van der Waals surface area (Å²) in [4.78, 5) is 44.4. The molecule has 0 radical (unpaired) electrons. The van der Waals surface area contributed by atoms with E-state index in [0.717, 1.165) is 24.1 Å². The van der Waals surface area contributed by atoms with Gasteiger partial charge in [-0.15, -0.1) is 0 Å². The van der Waals surface area contributed by atoms with E-state index in [1.54, 1.807) is 26.6 Å². The molecule has 2 aliphatic heterocycles. The second-order valence-corrected chi connectivity index (χ2v) is 8.45. The summed E-state index contributed by atoms with van der Waals surface area (Å²) in [5.41, 5.74) is 2.15. The second kappa shape index (κ2) is 9.18. The van der Waals surface area contributed by atoms with Crippen molar-refractivity contribution in [3.63, 3.8) is 0 Å². The number of furan rings is 1. The van der Waals surface area contributed by atoms with Gasteiger partial charge in [-0.3, -0.25) is 19.1 Å². The van der Waals surface area contributed by atoms with E-state index in [0.29, 0.717) is 57.1 Å². The van der Waals surface area contributed by atoms with Gasteiger partial charge in [-0.1, -0.05) is 0 Å². The molecule has 9 nitrogen and oxygen atoms in total. The second-order valence-electron chi connectivity index (χ2n) is 8.45. The van der Waals surface area contributed by atoms with Crippen molar-refractivity contribution in [1.82, 2.24) is 24.5 Å².